The number of hydrogen-bond donors (Lipinski definition) is 0. The normalized spacial score (nSPS) is 23.7. The lowest BCUT2D eigenvalue weighted by molar-refractivity contribution is -0.140. The van der Waals surface area contributed by atoms with Crippen LogP contribution in [0.3, 0.4) is 0 Å². The molecule has 0 bridgehead atoms. The van der Waals surface area contributed by atoms with E-state index >= 15 is 0 Å². The zero-order chi connectivity index (χ0) is 37.1. The predicted molar refractivity (Wildman–Crippen MR) is 209 cm³/mol. The van der Waals surface area contributed by atoms with E-state index in [2.05, 4.69) is 17.0 Å². The Morgan fingerprint density at radius 2 is 1.30 bits per heavy atom. The number of imide groups is 2. The average molecular weight is 757 g/mol. The summed E-state index contributed by atoms with van der Waals surface area (Å²) in [7, 11) is 2.88. The molecule has 2 saturated carbocycles. The van der Waals surface area contributed by atoms with Crippen molar-refractivity contribution in [2.75, 3.05) is 14.1 Å². The maximum absolute atomic E-state index is 13.4. The van der Waals surface area contributed by atoms with Gasteiger partial charge >= 0.3 is 0 Å². The monoisotopic (exact) mass is 756 g/mol. The number of carbonyl (C=O) groups is 4. The molecule has 0 saturated heterocycles. The molecule has 0 N–H and O–H groups in total. The molecule has 0 aromatic carbocycles. The lowest BCUT2D eigenvalue weighted by atomic mass is 9.67. The Hall–Kier alpha value is -4.68. The van der Waals surface area contributed by atoms with Gasteiger partial charge in [-0.25, -0.2) is 4.85 Å². The van der Waals surface area contributed by atoms with Crippen molar-refractivity contribution in [3.05, 3.63) is 87.7 Å². The summed E-state index contributed by atoms with van der Waals surface area (Å²) in [6.07, 6.45) is 15.1. The molecule has 53 heavy (non-hydrogen) atoms. The molecule has 0 atom stereocenters. The van der Waals surface area contributed by atoms with Crippen LogP contribution in [0.5, 0.6) is 0 Å². The van der Waals surface area contributed by atoms with Crippen molar-refractivity contribution in [2.45, 2.75) is 88.9 Å². The Morgan fingerprint density at radius 3 is 1.92 bits per heavy atom. The maximum atomic E-state index is 13.4. The highest BCUT2D eigenvalue weighted by Gasteiger charge is 2.59. The molecule has 9 rings (SSSR count). The van der Waals surface area contributed by atoms with E-state index in [1.54, 1.807) is 36.5 Å². The Morgan fingerprint density at radius 1 is 0.736 bits per heavy atom. The SMILES string of the molecule is [C-]#[N+]C1=C(C)/C(=C\c2cc3sc4c(c3s2)C2(CCCCC2)C2=C4C3(CCCCC3)c3cc(/C=C4/C(=O)N(C)C(=O)C(C#N)=C4C)sc32)C(=O)N(C)C1=O. The summed E-state index contributed by atoms with van der Waals surface area (Å²) in [6.45, 7) is 11.0. The smallest absolute Gasteiger partial charge is 0.271 e. The fourth-order valence-corrected chi connectivity index (χ4v) is 14.3. The van der Waals surface area contributed by atoms with E-state index in [4.69, 9.17) is 6.57 Å². The molecular formula is C42H36N4O4S3. The molecule has 2 fully saturated rings. The van der Waals surface area contributed by atoms with Gasteiger partial charge in [0.25, 0.3) is 29.3 Å². The third-order valence-corrected chi connectivity index (χ3v) is 16.1. The van der Waals surface area contributed by atoms with Crippen LogP contribution in [0, 0.1) is 17.9 Å². The van der Waals surface area contributed by atoms with Gasteiger partial charge in [-0.15, -0.1) is 34.0 Å². The molecule has 11 heteroatoms. The highest BCUT2D eigenvalue weighted by Crippen LogP contribution is 2.72. The standard InChI is InChI=1S/C42H36N4O4S3/c1-21-25(37(47)45(4)39(49)27(21)20-43)16-23-18-28-34(51-23)30-31(41(28)12-8-6-9-13-41)36-32(42(30)14-10-7-11-15-42)35-29(53-36)19-24(52-35)17-26-22(2)33(44-3)40(50)46(5)38(26)48/h16-19H,6-15H2,1-2,4-5H3/b25-16+,26-17+. The molecule has 8 nitrogen and oxygen atoms in total. The van der Waals surface area contributed by atoms with Gasteiger partial charge in [-0.3, -0.25) is 29.0 Å². The van der Waals surface area contributed by atoms with Crippen LogP contribution in [0.15, 0.2) is 45.7 Å². The van der Waals surface area contributed by atoms with Gasteiger partial charge in [0.05, 0.1) is 11.3 Å². The number of amides is 4. The van der Waals surface area contributed by atoms with Gasteiger partial charge in [-0.05, 0) is 97.2 Å². The molecular weight excluding hydrogens is 721 g/mol. The fourth-order valence-electron chi connectivity index (χ4n) is 10.0. The molecule has 3 aromatic rings. The third kappa shape index (κ3) is 4.48. The van der Waals surface area contributed by atoms with Crippen LogP contribution < -0.4 is 0 Å². The molecule has 5 heterocycles. The van der Waals surface area contributed by atoms with E-state index in [1.807, 2.05) is 29.6 Å². The van der Waals surface area contributed by atoms with Gasteiger partial charge in [0.2, 0.25) is 0 Å². The summed E-state index contributed by atoms with van der Waals surface area (Å²) in [5.74, 6) is -1.88. The Balaban J connectivity index is 1.22. The second-order valence-electron chi connectivity index (χ2n) is 15.2. The first-order valence-corrected chi connectivity index (χ1v) is 20.7. The zero-order valence-corrected chi connectivity index (χ0v) is 32.5. The molecule has 2 aliphatic heterocycles. The maximum Gasteiger partial charge on any atom is 0.271 e. The first-order chi connectivity index (χ1) is 25.5. The van der Waals surface area contributed by atoms with Crippen LogP contribution in [0.25, 0.3) is 37.5 Å². The van der Waals surface area contributed by atoms with Gasteiger partial charge in [0.1, 0.15) is 11.6 Å². The van der Waals surface area contributed by atoms with Crippen molar-refractivity contribution in [2.24, 2.45) is 0 Å². The van der Waals surface area contributed by atoms with E-state index < -0.39 is 11.8 Å². The zero-order valence-electron chi connectivity index (χ0n) is 30.0. The number of rotatable bonds is 2. The third-order valence-electron chi connectivity index (χ3n) is 12.6. The van der Waals surface area contributed by atoms with Gasteiger partial charge in [0, 0.05) is 60.3 Å². The molecule has 0 unspecified atom stereocenters. The van der Waals surface area contributed by atoms with Gasteiger partial charge in [-0.2, -0.15) is 5.26 Å². The van der Waals surface area contributed by atoms with E-state index in [9.17, 15) is 24.4 Å². The number of nitrogens with zero attached hydrogens (tertiary/aromatic N) is 4. The van der Waals surface area contributed by atoms with Gasteiger partial charge in [-0.1, -0.05) is 38.5 Å². The Kier molecular flexibility index (Phi) is 7.67. The van der Waals surface area contributed by atoms with E-state index in [1.165, 1.54) is 68.4 Å². The highest BCUT2D eigenvalue weighted by atomic mass is 32.1. The first-order valence-electron chi connectivity index (χ1n) is 18.2. The highest BCUT2D eigenvalue weighted by molar-refractivity contribution is 7.29. The minimum atomic E-state index is -0.556. The number of fused-ring (bicyclic) bond motifs is 10. The van der Waals surface area contributed by atoms with Crippen LogP contribution >= 0.6 is 34.0 Å². The molecule has 2 spiro atoms. The number of likely N-dealkylation sites (N-methyl/N-ethyl adjacent to an activating group) is 2. The van der Waals surface area contributed by atoms with Crippen molar-refractivity contribution in [1.29, 1.82) is 5.26 Å². The molecule has 0 radical (unpaired) electrons. The van der Waals surface area contributed by atoms with Crippen molar-refractivity contribution in [3.8, 4) is 6.07 Å². The van der Waals surface area contributed by atoms with Crippen LogP contribution in [-0.4, -0.2) is 47.5 Å². The number of carbonyl (C=O) groups excluding carboxylic acids is 4. The van der Waals surface area contributed by atoms with Crippen molar-refractivity contribution in [3.63, 3.8) is 0 Å². The lowest BCUT2D eigenvalue weighted by Crippen LogP contribution is -2.39. The number of allylic oxidation sites excluding steroid dienone is 2. The second kappa shape index (κ2) is 11.9. The van der Waals surface area contributed by atoms with Crippen LogP contribution in [0.1, 0.15) is 109 Å². The molecule has 6 aliphatic rings. The average Bonchev–Trinajstić information content (AvgIpc) is 3.94. The molecule has 266 valence electrons. The van der Waals surface area contributed by atoms with E-state index in [0.717, 1.165) is 70.9 Å². The van der Waals surface area contributed by atoms with Crippen LogP contribution in [-0.2, 0) is 30.0 Å². The predicted octanol–water partition coefficient (Wildman–Crippen LogP) is 9.16. The van der Waals surface area contributed by atoms with Crippen LogP contribution in [0.2, 0.25) is 0 Å². The largest absolute Gasteiger partial charge is 0.287 e. The molecule has 4 amide bonds. The minimum absolute atomic E-state index is 0.0102. The number of thiophene rings is 3. The van der Waals surface area contributed by atoms with E-state index in [-0.39, 0.29) is 33.9 Å². The van der Waals surface area contributed by atoms with Gasteiger partial charge in [0.15, 0.2) is 0 Å². The fraction of sp³-hybridized carbons (Fsp3) is 0.381. The summed E-state index contributed by atoms with van der Waals surface area (Å²) >= 11 is 5.36. The van der Waals surface area contributed by atoms with Crippen molar-refractivity contribution >= 4 is 90.3 Å². The number of nitriles is 1. The summed E-state index contributed by atoms with van der Waals surface area (Å²) in [4.78, 5) is 62.3. The van der Waals surface area contributed by atoms with Crippen molar-refractivity contribution in [1.82, 2.24) is 9.80 Å². The topological polar surface area (TPSA) is 103 Å². The summed E-state index contributed by atoms with van der Waals surface area (Å²) in [5, 5.41) is 9.77. The second-order valence-corrected chi connectivity index (χ2v) is 18.4. The molecule has 3 aromatic heterocycles. The quantitative estimate of drug-likeness (QED) is 0.147. The Labute approximate surface area is 319 Å². The summed E-state index contributed by atoms with van der Waals surface area (Å²) < 4.78 is 2.50. The van der Waals surface area contributed by atoms with E-state index in [0.29, 0.717) is 22.3 Å². The van der Waals surface area contributed by atoms with Crippen LogP contribution in [0.4, 0.5) is 0 Å². The minimum Gasteiger partial charge on any atom is -0.287 e. The summed E-state index contributed by atoms with van der Waals surface area (Å²) in [6, 6.07) is 6.53. The summed E-state index contributed by atoms with van der Waals surface area (Å²) in [5.41, 5.74) is 7.30. The number of hydrogen-bond acceptors (Lipinski definition) is 8. The first kappa shape index (κ1) is 34.1. The lowest BCUT2D eigenvalue weighted by Gasteiger charge is -2.37. The van der Waals surface area contributed by atoms with Gasteiger partial charge < -0.3 is 0 Å². The Bertz CT molecular complexity index is 2520. The van der Waals surface area contributed by atoms with Crippen molar-refractivity contribution < 1.29 is 19.2 Å². The molecule has 4 aliphatic carbocycles.